The molecule has 0 spiro atoms. The number of hydrogen-bond donors (Lipinski definition) is 2. The summed E-state index contributed by atoms with van der Waals surface area (Å²) in [5.74, 6) is 0.675. The number of benzene rings is 2. The summed E-state index contributed by atoms with van der Waals surface area (Å²) in [5, 5.41) is 14.3. The van der Waals surface area contributed by atoms with Crippen LogP contribution in [0.5, 0.6) is 0 Å². The summed E-state index contributed by atoms with van der Waals surface area (Å²) in [7, 11) is 0. The van der Waals surface area contributed by atoms with Crippen molar-refractivity contribution in [3.05, 3.63) is 70.8 Å². The Kier molecular flexibility index (Phi) is 3.17. The summed E-state index contributed by atoms with van der Waals surface area (Å²) >= 11 is 0. The summed E-state index contributed by atoms with van der Waals surface area (Å²) < 4.78 is 0. The second-order valence-corrected chi connectivity index (χ2v) is 9.58. The molecular weight excluding hydrogens is 346 g/mol. The molecule has 2 fully saturated rings. The van der Waals surface area contributed by atoms with Gasteiger partial charge in [0.05, 0.1) is 5.60 Å². The molecule has 4 atom stereocenters. The van der Waals surface area contributed by atoms with E-state index in [-0.39, 0.29) is 17.4 Å². The second kappa shape index (κ2) is 5.36. The highest BCUT2D eigenvalue weighted by Crippen LogP contribution is 2.61. The van der Waals surface area contributed by atoms with Gasteiger partial charge in [0.25, 0.3) is 5.91 Å². The number of amides is 1. The van der Waals surface area contributed by atoms with Crippen LogP contribution in [-0.4, -0.2) is 22.2 Å². The van der Waals surface area contributed by atoms with Gasteiger partial charge in [0.2, 0.25) is 0 Å². The van der Waals surface area contributed by atoms with Gasteiger partial charge in [-0.2, -0.15) is 0 Å². The van der Waals surface area contributed by atoms with Gasteiger partial charge in [-0.3, -0.25) is 4.79 Å². The summed E-state index contributed by atoms with van der Waals surface area (Å²) in [4.78, 5) is 13.2. The van der Waals surface area contributed by atoms with Gasteiger partial charge in [-0.1, -0.05) is 48.9 Å². The Bertz CT molecular complexity index is 1050. The van der Waals surface area contributed by atoms with E-state index in [4.69, 9.17) is 0 Å². The van der Waals surface area contributed by atoms with Gasteiger partial charge >= 0.3 is 0 Å². The monoisotopic (exact) mass is 371 g/mol. The van der Waals surface area contributed by atoms with Gasteiger partial charge in [-0.05, 0) is 66.0 Å². The summed E-state index contributed by atoms with van der Waals surface area (Å²) in [6.07, 6.45) is 6.53. The highest BCUT2D eigenvalue weighted by molar-refractivity contribution is 5.97. The predicted molar refractivity (Wildman–Crippen MR) is 109 cm³/mol. The molecule has 6 rings (SSSR count). The van der Waals surface area contributed by atoms with Crippen LogP contribution in [0.4, 0.5) is 0 Å². The Balaban J connectivity index is 1.31. The summed E-state index contributed by atoms with van der Waals surface area (Å²) in [6, 6.07) is 14.6. The standard InChI is InChI=1S/C25H25NO2/c1-15-8-19-12-25(28)14-24(11-15,13-22(19)25)26-23(27)18-7-6-17-9-16-4-2-3-5-20(16)21(17)10-18/h2-8,10,15,22,28H,9,11-14H2,1H3,(H,26,27). The van der Waals surface area contributed by atoms with Crippen molar-refractivity contribution < 1.29 is 9.90 Å². The van der Waals surface area contributed by atoms with E-state index in [0.29, 0.717) is 12.3 Å². The lowest BCUT2D eigenvalue weighted by atomic mass is 9.66. The van der Waals surface area contributed by atoms with Crippen LogP contribution in [0, 0.1) is 11.8 Å². The van der Waals surface area contributed by atoms with Gasteiger partial charge in [0.1, 0.15) is 0 Å². The molecule has 0 aromatic heterocycles. The van der Waals surface area contributed by atoms with E-state index in [1.807, 2.05) is 6.07 Å². The molecule has 0 heterocycles. The normalized spacial score (nSPS) is 34.0. The Hall–Kier alpha value is -2.39. The average Bonchev–Trinajstić information content (AvgIpc) is 3.08. The average molecular weight is 371 g/mol. The van der Waals surface area contributed by atoms with Gasteiger partial charge in [-0.15, -0.1) is 0 Å². The van der Waals surface area contributed by atoms with Crippen LogP contribution in [0.25, 0.3) is 11.1 Å². The third-order valence-corrected chi connectivity index (χ3v) is 7.50. The first-order chi connectivity index (χ1) is 13.4. The fraction of sp³-hybridized carbons (Fsp3) is 0.400. The molecule has 2 aromatic carbocycles. The van der Waals surface area contributed by atoms with E-state index >= 15 is 0 Å². The van der Waals surface area contributed by atoms with Gasteiger partial charge in [0, 0.05) is 23.4 Å². The number of rotatable bonds is 2. The molecule has 142 valence electrons. The largest absolute Gasteiger partial charge is 0.389 e. The molecular formula is C25H25NO2. The third-order valence-electron chi connectivity index (χ3n) is 7.50. The Morgan fingerprint density at radius 3 is 2.82 bits per heavy atom. The third kappa shape index (κ3) is 2.23. The van der Waals surface area contributed by atoms with E-state index in [1.165, 1.54) is 27.8 Å². The summed E-state index contributed by atoms with van der Waals surface area (Å²) in [5.41, 5.74) is 6.29. The van der Waals surface area contributed by atoms with Crippen LogP contribution in [0.15, 0.2) is 54.1 Å². The quantitative estimate of drug-likeness (QED) is 0.662. The van der Waals surface area contributed by atoms with E-state index < -0.39 is 5.60 Å². The van der Waals surface area contributed by atoms with Crippen molar-refractivity contribution in [2.24, 2.45) is 11.8 Å². The van der Waals surface area contributed by atoms with Crippen molar-refractivity contribution in [1.82, 2.24) is 5.32 Å². The molecule has 3 heteroatoms. The molecule has 2 saturated carbocycles. The van der Waals surface area contributed by atoms with Gasteiger partial charge < -0.3 is 10.4 Å². The Labute approximate surface area is 165 Å². The lowest BCUT2D eigenvalue weighted by Gasteiger charge is -2.44. The van der Waals surface area contributed by atoms with E-state index in [0.717, 1.165) is 31.2 Å². The number of carbonyl (C=O) groups excluding carboxylic acids is 1. The molecule has 3 nitrogen and oxygen atoms in total. The van der Waals surface area contributed by atoms with Crippen LogP contribution >= 0.6 is 0 Å². The molecule has 1 amide bonds. The molecule has 28 heavy (non-hydrogen) atoms. The van der Waals surface area contributed by atoms with Crippen molar-refractivity contribution in [1.29, 1.82) is 0 Å². The first-order valence-electron chi connectivity index (χ1n) is 10.4. The van der Waals surface area contributed by atoms with Crippen molar-refractivity contribution in [2.75, 3.05) is 0 Å². The lowest BCUT2D eigenvalue weighted by molar-refractivity contribution is -0.0348. The highest BCUT2D eigenvalue weighted by atomic mass is 16.3. The number of allylic oxidation sites excluding steroid dienone is 1. The molecule has 2 bridgehead atoms. The number of carbonyl (C=O) groups is 1. The fourth-order valence-electron chi connectivity index (χ4n) is 6.47. The maximum Gasteiger partial charge on any atom is 0.251 e. The highest BCUT2D eigenvalue weighted by Gasteiger charge is 2.62. The van der Waals surface area contributed by atoms with Crippen molar-refractivity contribution in [3.8, 4) is 11.1 Å². The van der Waals surface area contributed by atoms with Crippen LogP contribution in [-0.2, 0) is 6.42 Å². The zero-order chi connectivity index (χ0) is 19.1. The number of nitrogens with one attached hydrogen (secondary N) is 1. The minimum Gasteiger partial charge on any atom is -0.389 e. The molecule has 4 unspecified atom stereocenters. The van der Waals surface area contributed by atoms with Crippen LogP contribution in [0.3, 0.4) is 0 Å². The second-order valence-electron chi connectivity index (χ2n) is 9.58. The van der Waals surface area contributed by atoms with Crippen molar-refractivity contribution in [2.45, 2.75) is 50.2 Å². The molecule has 0 aliphatic heterocycles. The minimum atomic E-state index is -0.601. The SMILES string of the molecule is CC1C=C2CC3(O)CC(NC(=O)c4ccc5c(c4)-c4ccccc4C5)(C1)CC23. The van der Waals surface area contributed by atoms with Crippen molar-refractivity contribution in [3.63, 3.8) is 0 Å². The van der Waals surface area contributed by atoms with E-state index in [2.05, 4.69) is 54.7 Å². The lowest BCUT2D eigenvalue weighted by Crippen LogP contribution is -2.50. The number of fused-ring (bicyclic) bond motifs is 4. The van der Waals surface area contributed by atoms with E-state index in [1.54, 1.807) is 0 Å². The van der Waals surface area contributed by atoms with E-state index in [9.17, 15) is 9.90 Å². The van der Waals surface area contributed by atoms with Gasteiger partial charge in [-0.25, -0.2) is 0 Å². The van der Waals surface area contributed by atoms with Crippen LogP contribution < -0.4 is 5.32 Å². The minimum absolute atomic E-state index is 0.00673. The Morgan fingerprint density at radius 2 is 1.93 bits per heavy atom. The molecule has 0 saturated heterocycles. The van der Waals surface area contributed by atoms with Crippen molar-refractivity contribution >= 4 is 5.91 Å². The molecule has 4 aliphatic rings. The molecule has 4 aliphatic carbocycles. The predicted octanol–water partition coefficient (Wildman–Crippen LogP) is 4.24. The zero-order valence-electron chi connectivity index (χ0n) is 16.2. The van der Waals surface area contributed by atoms with Crippen LogP contribution in [0.2, 0.25) is 0 Å². The maximum absolute atomic E-state index is 13.2. The van der Waals surface area contributed by atoms with Gasteiger partial charge in [0.15, 0.2) is 0 Å². The first-order valence-corrected chi connectivity index (χ1v) is 10.4. The number of aliphatic hydroxyl groups is 1. The number of hydrogen-bond acceptors (Lipinski definition) is 2. The molecule has 0 radical (unpaired) electrons. The fourth-order valence-corrected chi connectivity index (χ4v) is 6.47. The zero-order valence-corrected chi connectivity index (χ0v) is 16.2. The first kappa shape index (κ1) is 16.6. The molecule has 2 aromatic rings. The van der Waals surface area contributed by atoms with Crippen LogP contribution in [0.1, 0.15) is 54.1 Å². The topological polar surface area (TPSA) is 49.3 Å². The molecule has 2 N–H and O–H groups in total. The maximum atomic E-state index is 13.2. The Morgan fingerprint density at radius 1 is 1.11 bits per heavy atom. The smallest absolute Gasteiger partial charge is 0.251 e. The summed E-state index contributed by atoms with van der Waals surface area (Å²) in [6.45, 7) is 2.23.